The second-order valence-electron chi connectivity index (χ2n) is 5.84. The highest BCUT2D eigenvalue weighted by molar-refractivity contribution is 5.74. The summed E-state index contributed by atoms with van der Waals surface area (Å²) in [6.45, 7) is 2.60. The van der Waals surface area contributed by atoms with Crippen molar-refractivity contribution in [2.75, 3.05) is 20.2 Å². The van der Waals surface area contributed by atoms with Crippen molar-refractivity contribution in [2.45, 2.75) is 32.2 Å². The number of hydrogen-bond acceptors (Lipinski definition) is 4. The van der Waals surface area contributed by atoms with Crippen molar-refractivity contribution in [3.05, 3.63) is 12.2 Å². The van der Waals surface area contributed by atoms with Gasteiger partial charge in [0.25, 0.3) is 0 Å². The van der Waals surface area contributed by atoms with Gasteiger partial charge in [-0.25, -0.2) is 4.79 Å². The van der Waals surface area contributed by atoms with Gasteiger partial charge < -0.3 is 19.9 Å². The molecular formula is C13H23N5O2. The number of aromatic nitrogens is 3. The fraction of sp³-hybridized carbons (Fsp3) is 0.769. The Kier molecular flexibility index (Phi) is 4.27. The van der Waals surface area contributed by atoms with Crippen LogP contribution in [0.5, 0.6) is 0 Å². The van der Waals surface area contributed by atoms with E-state index in [-0.39, 0.29) is 24.1 Å². The van der Waals surface area contributed by atoms with Crippen LogP contribution in [0.3, 0.4) is 0 Å². The first-order valence-corrected chi connectivity index (χ1v) is 6.94. The van der Waals surface area contributed by atoms with Gasteiger partial charge in [-0.1, -0.05) is 6.42 Å². The van der Waals surface area contributed by atoms with E-state index < -0.39 is 0 Å². The van der Waals surface area contributed by atoms with E-state index in [4.69, 9.17) is 0 Å². The summed E-state index contributed by atoms with van der Waals surface area (Å²) in [5.74, 6) is 0.715. The number of nitrogens with zero attached hydrogens (tertiary/aromatic N) is 4. The Morgan fingerprint density at radius 1 is 1.65 bits per heavy atom. The lowest BCUT2D eigenvalue weighted by atomic mass is 9.69. The fourth-order valence-electron chi connectivity index (χ4n) is 2.66. The van der Waals surface area contributed by atoms with Gasteiger partial charge in [0.15, 0.2) is 5.82 Å². The van der Waals surface area contributed by atoms with Crippen LogP contribution in [0.15, 0.2) is 6.33 Å². The zero-order valence-electron chi connectivity index (χ0n) is 12.3. The van der Waals surface area contributed by atoms with Crippen molar-refractivity contribution in [3.8, 4) is 0 Å². The predicted octanol–water partition coefficient (Wildman–Crippen LogP) is 0.680. The van der Waals surface area contributed by atoms with Gasteiger partial charge in [0.05, 0.1) is 12.6 Å². The van der Waals surface area contributed by atoms with E-state index in [2.05, 4.69) is 15.5 Å². The van der Waals surface area contributed by atoms with Crippen LogP contribution in [0.4, 0.5) is 4.79 Å². The molecule has 0 saturated heterocycles. The Labute approximate surface area is 119 Å². The molecule has 112 valence electrons. The molecule has 1 fully saturated rings. The molecule has 1 heterocycles. The first-order valence-electron chi connectivity index (χ1n) is 6.94. The van der Waals surface area contributed by atoms with Crippen LogP contribution in [0.2, 0.25) is 0 Å². The number of aliphatic hydroxyl groups is 1. The molecule has 7 nitrogen and oxygen atoms in total. The molecule has 0 radical (unpaired) electrons. The average Bonchev–Trinajstić information content (AvgIpc) is 2.79. The van der Waals surface area contributed by atoms with Crippen LogP contribution in [-0.4, -0.2) is 51.0 Å². The molecule has 0 aliphatic heterocycles. The molecule has 1 aliphatic carbocycles. The third-order valence-electron chi connectivity index (χ3n) is 4.14. The lowest BCUT2D eigenvalue weighted by Gasteiger charge is -2.42. The summed E-state index contributed by atoms with van der Waals surface area (Å²) in [6.07, 6.45) is 4.71. The molecule has 0 aromatic carbocycles. The molecule has 2 rings (SSSR count). The van der Waals surface area contributed by atoms with E-state index in [0.29, 0.717) is 12.4 Å². The second-order valence-corrected chi connectivity index (χ2v) is 5.84. The summed E-state index contributed by atoms with van der Waals surface area (Å²) >= 11 is 0. The van der Waals surface area contributed by atoms with Gasteiger partial charge in [0.2, 0.25) is 0 Å². The number of carbonyl (C=O) groups is 1. The number of urea groups is 1. The van der Waals surface area contributed by atoms with Gasteiger partial charge in [0, 0.05) is 26.1 Å². The summed E-state index contributed by atoms with van der Waals surface area (Å²) in [7, 11) is 3.60. The molecule has 0 unspecified atom stereocenters. The van der Waals surface area contributed by atoms with Crippen LogP contribution in [0.25, 0.3) is 0 Å². The molecule has 0 spiro atoms. The average molecular weight is 281 g/mol. The molecular weight excluding hydrogens is 258 g/mol. The van der Waals surface area contributed by atoms with E-state index in [1.807, 2.05) is 14.0 Å². The standard InChI is InChI=1S/C13H23N5O2/c1-10(11-16-14-9-18(11)3)15-12(20)17(2)7-13(8-19)5-4-6-13/h9-10,19H,4-8H2,1-3H3,(H,15,20)/t10-/m1/s1. The van der Waals surface area contributed by atoms with Gasteiger partial charge in [-0.15, -0.1) is 10.2 Å². The highest BCUT2D eigenvalue weighted by atomic mass is 16.3. The molecule has 0 bridgehead atoms. The third-order valence-corrected chi connectivity index (χ3v) is 4.14. The Bertz CT molecular complexity index is 464. The highest BCUT2D eigenvalue weighted by Crippen LogP contribution is 2.40. The van der Waals surface area contributed by atoms with E-state index in [1.54, 1.807) is 22.8 Å². The molecule has 1 atom stereocenters. The molecule has 20 heavy (non-hydrogen) atoms. The summed E-state index contributed by atoms with van der Waals surface area (Å²) in [4.78, 5) is 13.8. The van der Waals surface area contributed by atoms with Gasteiger partial charge in [0.1, 0.15) is 6.33 Å². The Balaban J connectivity index is 1.89. The largest absolute Gasteiger partial charge is 0.396 e. The lowest BCUT2D eigenvalue weighted by molar-refractivity contribution is 0.0227. The monoisotopic (exact) mass is 281 g/mol. The Morgan fingerprint density at radius 3 is 2.80 bits per heavy atom. The van der Waals surface area contributed by atoms with Gasteiger partial charge in [-0.2, -0.15) is 0 Å². The molecule has 7 heteroatoms. The smallest absolute Gasteiger partial charge is 0.317 e. The summed E-state index contributed by atoms with van der Waals surface area (Å²) in [5, 5.41) is 20.1. The SMILES string of the molecule is C[C@@H](NC(=O)N(C)CC1(CO)CCC1)c1nncn1C. The number of aliphatic hydroxyl groups excluding tert-OH is 1. The van der Waals surface area contributed by atoms with E-state index in [9.17, 15) is 9.90 Å². The van der Waals surface area contributed by atoms with Crippen LogP contribution < -0.4 is 5.32 Å². The zero-order valence-corrected chi connectivity index (χ0v) is 12.3. The number of hydrogen-bond donors (Lipinski definition) is 2. The van der Waals surface area contributed by atoms with Crippen molar-refractivity contribution in [1.29, 1.82) is 0 Å². The van der Waals surface area contributed by atoms with Crippen molar-refractivity contribution in [3.63, 3.8) is 0 Å². The van der Waals surface area contributed by atoms with E-state index in [1.165, 1.54) is 0 Å². The molecule has 1 saturated carbocycles. The minimum Gasteiger partial charge on any atom is -0.396 e. The molecule has 2 amide bonds. The maximum absolute atomic E-state index is 12.2. The quantitative estimate of drug-likeness (QED) is 0.831. The molecule has 1 aliphatic rings. The van der Waals surface area contributed by atoms with Crippen LogP contribution in [0, 0.1) is 5.41 Å². The molecule has 1 aromatic rings. The van der Waals surface area contributed by atoms with Crippen LogP contribution in [-0.2, 0) is 7.05 Å². The second kappa shape index (κ2) is 5.78. The fourth-order valence-corrected chi connectivity index (χ4v) is 2.66. The topological polar surface area (TPSA) is 83.3 Å². The van der Waals surface area contributed by atoms with Crippen molar-refractivity contribution >= 4 is 6.03 Å². The Morgan fingerprint density at radius 2 is 2.35 bits per heavy atom. The third kappa shape index (κ3) is 2.92. The highest BCUT2D eigenvalue weighted by Gasteiger charge is 2.38. The summed E-state index contributed by atoms with van der Waals surface area (Å²) in [6, 6.07) is -0.357. The van der Waals surface area contributed by atoms with Crippen molar-refractivity contribution in [2.24, 2.45) is 12.5 Å². The number of nitrogens with one attached hydrogen (secondary N) is 1. The van der Waals surface area contributed by atoms with E-state index in [0.717, 1.165) is 19.3 Å². The van der Waals surface area contributed by atoms with Crippen molar-refractivity contribution in [1.82, 2.24) is 25.0 Å². The van der Waals surface area contributed by atoms with Gasteiger partial charge in [-0.05, 0) is 19.8 Å². The maximum atomic E-state index is 12.2. The number of rotatable bonds is 5. The maximum Gasteiger partial charge on any atom is 0.317 e. The van der Waals surface area contributed by atoms with Crippen LogP contribution in [0.1, 0.15) is 38.1 Å². The number of aryl methyl sites for hydroxylation is 1. The molecule has 1 aromatic heterocycles. The van der Waals surface area contributed by atoms with Crippen molar-refractivity contribution < 1.29 is 9.90 Å². The van der Waals surface area contributed by atoms with Gasteiger partial charge >= 0.3 is 6.03 Å². The normalized spacial score (nSPS) is 18.2. The zero-order chi connectivity index (χ0) is 14.8. The minimum absolute atomic E-state index is 0.0971. The summed E-state index contributed by atoms with van der Waals surface area (Å²) < 4.78 is 1.78. The summed E-state index contributed by atoms with van der Waals surface area (Å²) in [5.41, 5.74) is -0.0971. The first kappa shape index (κ1) is 14.8. The lowest BCUT2D eigenvalue weighted by Crippen LogP contribution is -2.48. The first-order chi connectivity index (χ1) is 9.47. The Hall–Kier alpha value is -1.63. The van der Waals surface area contributed by atoms with Gasteiger partial charge in [-0.3, -0.25) is 0 Å². The minimum atomic E-state index is -0.205. The van der Waals surface area contributed by atoms with Crippen LogP contribution >= 0.6 is 0 Å². The number of carbonyl (C=O) groups excluding carboxylic acids is 1. The number of amides is 2. The van der Waals surface area contributed by atoms with E-state index >= 15 is 0 Å². The predicted molar refractivity (Wildman–Crippen MR) is 73.9 cm³/mol. The molecule has 2 N–H and O–H groups in total.